The fraction of sp³-hybridized carbons (Fsp3) is 0.889. The zero-order chi connectivity index (χ0) is 29.8. The molecule has 0 radical (unpaired) electrons. The molecule has 238 valence electrons. The maximum atomic E-state index is 10.3. The predicted molar refractivity (Wildman–Crippen MR) is 174 cm³/mol. The minimum atomic E-state index is -0.661. The van der Waals surface area contributed by atoms with Crippen LogP contribution in [0.5, 0.6) is 0 Å². The van der Waals surface area contributed by atoms with Crippen LogP contribution in [0, 0.1) is 0 Å². The molecule has 0 amide bonds. The Morgan fingerprint density at radius 2 is 0.600 bits per heavy atom. The van der Waals surface area contributed by atoms with Crippen LogP contribution in [0.2, 0.25) is 0 Å². The van der Waals surface area contributed by atoms with Crippen LogP contribution in [0.3, 0.4) is 0 Å². The summed E-state index contributed by atoms with van der Waals surface area (Å²) in [7, 11) is 0. The Bertz CT molecular complexity index is 529. The average Bonchev–Trinajstić information content (AvgIpc) is 2.93. The molecular weight excluding hydrogens is 496 g/mol. The molecule has 0 atom stereocenters. The lowest BCUT2D eigenvalue weighted by Gasteiger charge is -2.03. The van der Waals surface area contributed by atoms with Crippen molar-refractivity contribution in [1.82, 2.24) is 0 Å². The van der Waals surface area contributed by atoms with Crippen molar-refractivity contribution in [3.63, 3.8) is 0 Å². The number of carboxylic acid groups (broad SMARTS) is 2. The molecule has 4 heteroatoms. The van der Waals surface area contributed by atoms with E-state index in [1.165, 1.54) is 154 Å². The van der Waals surface area contributed by atoms with Crippen LogP contribution in [0.25, 0.3) is 0 Å². The molecule has 40 heavy (non-hydrogen) atoms. The van der Waals surface area contributed by atoms with E-state index < -0.39 is 11.9 Å². The van der Waals surface area contributed by atoms with Gasteiger partial charge >= 0.3 is 11.9 Å². The standard InChI is InChI=1S/C18H36O2.C18H34O2/c2*1-2-3-4-5-6-7-8-9-10-11-12-13-14-15-16-17-18(19)20/h2-17H2,1H3,(H,19,20);7-8H,2-6,9-17H2,1H3,(H,19,20)/b;8-7+. The quantitative estimate of drug-likeness (QED) is 0.0646. The van der Waals surface area contributed by atoms with E-state index in [0.717, 1.165) is 25.7 Å². The molecule has 0 bridgehead atoms. The molecule has 0 spiro atoms. The number of hydrogen-bond donors (Lipinski definition) is 2. The molecular formula is C36H70O4. The highest BCUT2D eigenvalue weighted by atomic mass is 16.4. The summed E-state index contributed by atoms with van der Waals surface area (Å²) >= 11 is 0. The molecule has 4 nitrogen and oxygen atoms in total. The van der Waals surface area contributed by atoms with Gasteiger partial charge in [-0.2, -0.15) is 0 Å². The lowest BCUT2D eigenvalue weighted by molar-refractivity contribution is -0.138. The first-order chi connectivity index (χ1) is 19.5. The van der Waals surface area contributed by atoms with Crippen molar-refractivity contribution in [2.75, 3.05) is 0 Å². The summed E-state index contributed by atoms with van der Waals surface area (Å²) in [5, 5.41) is 17.0. The number of rotatable bonds is 31. The lowest BCUT2D eigenvalue weighted by atomic mass is 10.0. The Hall–Kier alpha value is -1.32. The first-order valence-corrected chi connectivity index (χ1v) is 17.6. The van der Waals surface area contributed by atoms with Crippen LogP contribution in [0.15, 0.2) is 12.2 Å². The minimum absolute atomic E-state index is 0.336. The first-order valence-electron chi connectivity index (χ1n) is 17.6. The molecule has 0 aliphatic carbocycles. The summed E-state index contributed by atoms with van der Waals surface area (Å²) in [5.41, 5.74) is 0. The highest BCUT2D eigenvalue weighted by molar-refractivity contribution is 5.66. The Labute approximate surface area is 250 Å². The summed E-state index contributed by atoms with van der Waals surface area (Å²) in [6.45, 7) is 4.52. The smallest absolute Gasteiger partial charge is 0.303 e. The Morgan fingerprint density at radius 1 is 0.375 bits per heavy atom. The topological polar surface area (TPSA) is 74.6 Å². The molecule has 0 aromatic rings. The van der Waals surface area contributed by atoms with Crippen molar-refractivity contribution >= 4 is 11.9 Å². The van der Waals surface area contributed by atoms with Crippen LogP contribution in [-0.4, -0.2) is 22.2 Å². The second-order valence-electron chi connectivity index (χ2n) is 11.8. The largest absolute Gasteiger partial charge is 0.481 e. The zero-order valence-corrected chi connectivity index (χ0v) is 27.1. The third kappa shape index (κ3) is 43.7. The Kier molecular flexibility index (Phi) is 38.5. The van der Waals surface area contributed by atoms with Crippen molar-refractivity contribution in [3.05, 3.63) is 12.2 Å². The molecule has 0 rings (SSSR count). The van der Waals surface area contributed by atoms with E-state index in [2.05, 4.69) is 26.0 Å². The van der Waals surface area contributed by atoms with Gasteiger partial charge in [-0.05, 0) is 38.5 Å². The minimum Gasteiger partial charge on any atom is -0.481 e. The van der Waals surface area contributed by atoms with Gasteiger partial charge < -0.3 is 10.2 Å². The molecule has 0 fully saturated rings. The number of carboxylic acids is 2. The highest BCUT2D eigenvalue weighted by Crippen LogP contribution is 2.14. The second kappa shape index (κ2) is 37.7. The van der Waals surface area contributed by atoms with E-state index in [0.29, 0.717) is 12.8 Å². The fourth-order valence-electron chi connectivity index (χ4n) is 4.99. The molecule has 0 aliphatic rings. The van der Waals surface area contributed by atoms with Crippen LogP contribution in [0.4, 0.5) is 0 Å². The van der Waals surface area contributed by atoms with Crippen molar-refractivity contribution < 1.29 is 19.8 Å². The van der Waals surface area contributed by atoms with E-state index in [1.54, 1.807) is 0 Å². The van der Waals surface area contributed by atoms with E-state index in [-0.39, 0.29) is 0 Å². The third-order valence-corrected chi connectivity index (χ3v) is 7.65. The normalized spacial score (nSPS) is 11.1. The van der Waals surface area contributed by atoms with Gasteiger partial charge in [0.2, 0.25) is 0 Å². The third-order valence-electron chi connectivity index (χ3n) is 7.65. The highest BCUT2D eigenvalue weighted by Gasteiger charge is 1.98. The van der Waals surface area contributed by atoms with E-state index >= 15 is 0 Å². The molecule has 0 aromatic heterocycles. The van der Waals surface area contributed by atoms with Gasteiger partial charge in [-0.25, -0.2) is 0 Å². The number of carbonyl (C=O) groups is 2. The summed E-state index contributed by atoms with van der Waals surface area (Å²) in [6, 6.07) is 0. The molecule has 0 saturated carbocycles. The number of aliphatic carboxylic acids is 2. The van der Waals surface area contributed by atoms with Crippen LogP contribution >= 0.6 is 0 Å². The number of unbranched alkanes of at least 4 members (excludes halogenated alkanes) is 25. The molecule has 0 saturated heterocycles. The van der Waals surface area contributed by atoms with Crippen LogP contribution < -0.4 is 0 Å². The van der Waals surface area contributed by atoms with Gasteiger partial charge in [0.25, 0.3) is 0 Å². The summed E-state index contributed by atoms with van der Waals surface area (Å²) in [5.74, 6) is -1.31. The second-order valence-corrected chi connectivity index (χ2v) is 11.8. The zero-order valence-electron chi connectivity index (χ0n) is 27.1. The maximum absolute atomic E-state index is 10.3. The van der Waals surface area contributed by atoms with Crippen LogP contribution in [0.1, 0.15) is 206 Å². The number of allylic oxidation sites excluding steroid dienone is 2. The van der Waals surface area contributed by atoms with Gasteiger partial charge in [0.05, 0.1) is 0 Å². The van der Waals surface area contributed by atoms with Gasteiger partial charge in [0.1, 0.15) is 0 Å². The van der Waals surface area contributed by atoms with Crippen LogP contribution in [-0.2, 0) is 9.59 Å². The molecule has 0 unspecified atom stereocenters. The van der Waals surface area contributed by atoms with Crippen molar-refractivity contribution in [3.8, 4) is 0 Å². The number of hydrogen-bond acceptors (Lipinski definition) is 2. The summed E-state index contributed by atoms with van der Waals surface area (Å²) in [6.07, 6.45) is 41.4. The SMILES string of the molecule is CCCCCC/C=C/CCCCCCCCCC(=O)O.CCCCCCCCCCCCCCCCCC(=O)O. The van der Waals surface area contributed by atoms with Crippen molar-refractivity contribution in [2.45, 2.75) is 206 Å². The summed E-state index contributed by atoms with van der Waals surface area (Å²) in [4.78, 5) is 20.7. The van der Waals surface area contributed by atoms with Gasteiger partial charge in [0.15, 0.2) is 0 Å². The average molecular weight is 567 g/mol. The molecule has 0 aliphatic heterocycles. The maximum Gasteiger partial charge on any atom is 0.303 e. The molecule has 0 heterocycles. The summed E-state index contributed by atoms with van der Waals surface area (Å²) < 4.78 is 0. The van der Waals surface area contributed by atoms with Crippen molar-refractivity contribution in [2.24, 2.45) is 0 Å². The van der Waals surface area contributed by atoms with Crippen molar-refractivity contribution in [1.29, 1.82) is 0 Å². The Balaban J connectivity index is 0. The molecule has 2 N–H and O–H groups in total. The lowest BCUT2D eigenvalue weighted by Crippen LogP contribution is -1.93. The first kappa shape index (κ1) is 40.8. The monoisotopic (exact) mass is 567 g/mol. The van der Waals surface area contributed by atoms with E-state index in [9.17, 15) is 9.59 Å². The van der Waals surface area contributed by atoms with Gasteiger partial charge in [-0.1, -0.05) is 167 Å². The van der Waals surface area contributed by atoms with Gasteiger partial charge in [-0.15, -0.1) is 0 Å². The van der Waals surface area contributed by atoms with E-state index in [1.807, 2.05) is 0 Å². The van der Waals surface area contributed by atoms with Gasteiger partial charge in [0, 0.05) is 12.8 Å². The van der Waals surface area contributed by atoms with E-state index in [4.69, 9.17) is 10.2 Å². The Morgan fingerprint density at radius 3 is 0.875 bits per heavy atom. The van der Waals surface area contributed by atoms with Gasteiger partial charge in [-0.3, -0.25) is 9.59 Å². The predicted octanol–water partition coefficient (Wildman–Crippen LogP) is 12.4. The molecule has 0 aromatic carbocycles. The fourth-order valence-corrected chi connectivity index (χ4v) is 4.99.